The number of aliphatic hydroxyl groups is 1. The van der Waals surface area contributed by atoms with Crippen molar-refractivity contribution < 1.29 is 5.11 Å². The molecule has 1 rings (SSSR count). The minimum Gasteiger partial charge on any atom is -0.396 e. The van der Waals surface area contributed by atoms with Crippen molar-refractivity contribution in [3.63, 3.8) is 0 Å². The quantitative estimate of drug-likeness (QED) is 0.685. The Balaban J connectivity index is 2.54. The number of hydrogen-bond donors (Lipinski definition) is 1. The first kappa shape index (κ1) is 12.8. The smallest absolute Gasteiger partial charge is 0.0433 e. The van der Waals surface area contributed by atoms with Gasteiger partial charge in [0.15, 0.2) is 0 Å². The van der Waals surface area contributed by atoms with Crippen molar-refractivity contribution in [3.05, 3.63) is 11.6 Å². The van der Waals surface area contributed by atoms with Gasteiger partial charge >= 0.3 is 0 Å². The summed E-state index contributed by atoms with van der Waals surface area (Å²) in [5, 5.41) is 8.99. The van der Waals surface area contributed by atoms with Crippen molar-refractivity contribution in [2.75, 3.05) is 6.61 Å². The lowest BCUT2D eigenvalue weighted by molar-refractivity contribution is -0.0114. The fourth-order valence-corrected chi connectivity index (χ4v) is 2.95. The molecule has 0 unspecified atom stereocenters. The van der Waals surface area contributed by atoms with Crippen LogP contribution in [0.1, 0.15) is 53.4 Å². The molecular weight excluding hydrogens is 184 g/mol. The van der Waals surface area contributed by atoms with E-state index in [4.69, 9.17) is 5.11 Å². The Hall–Kier alpha value is -0.300. The first-order valence-corrected chi connectivity index (χ1v) is 6.31. The monoisotopic (exact) mass is 210 g/mol. The van der Waals surface area contributed by atoms with Gasteiger partial charge < -0.3 is 5.11 Å². The standard InChI is InChI=1S/C14H26O/c1-5-6-7-11(2)13-10-12(8-9-15)14(13,3)4/h7,12-13,15H,5-6,8-10H2,1-4H3/b11-7+/t12-,13-/m1/s1. The second-order valence-electron chi connectivity index (χ2n) is 5.56. The Kier molecular flexibility index (Phi) is 4.39. The van der Waals surface area contributed by atoms with Gasteiger partial charge in [0.1, 0.15) is 0 Å². The second-order valence-corrected chi connectivity index (χ2v) is 5.56. The molecule has 0 aromatic rings. The fraction of sp³-hybridized carbons (Fsp3) is 0.857. The highest BCUT2D eigenvalue weighted by molar-refractivity contribution is 5.14. The van der Waals surface area contributed by atoms with E-state index in [-0.39, 0.29) is 0 Å². The lowest BCUT2D eigenvalue weighted by Crippen LogP contribution is -2.45. The zero-order valence-corrected chi connectivity index (χ0v) is 10.7. The molecule has 0 aromatic carbocycles. The summed E-state index contributed by atoms with van der Waals surface area (Å²) in [6.45, 7) is 9.55. The van der Waals surface area contributed by atoms with Crippen LogP contribution in [0, 0.1) is 17.3 Å². The first-order valence-electron chi connectivity index (χ1n) is 6.31. The van der Waals surface area contributed by atoms with Crippen molar-refractivity contribution in [3.8, 4) is 0 Å². The summed E-state index contributed by atoms with van der Waals surface area (Å²) in [6, 6.07) is 0. The summed E-state index contributed by atoms with van der Waals surface area (Å²) in [4.78, 5) is 0. The topological polar surface area (TPSA) is 20.2 Å². The van der Waals surface area contributed by atoms with Gasteiger partial charge in [-0.15, -0.1) is 0 Å². The van der Waals surface area contributed by atoms with Crippen molar-refractivity contribution in [2.24, 2.45) is 17.3 Å². The molecule has 0 saturated heterocycles. The predicted molar refractivity (Wildman–Crippen MR) is 65.7 cm³/mol. The van der Waals surface area contributed by atoms with Gasteiger partial charge in [-0.2, -0.15) is 0 Å². The molecule has 0 amide bonds. The van der Waals surface area contributed by atoms with Crippen LogP contribution in [0.25, 0.3) is 0 Å². The Morgan fingerprint density at radius 1 is 1.47 bits per heavy atom. The molecule has 1 N–H and O–H groups in total. The summed E-state index contributed by atoms with van der Waals surface area (Å²) in [5.41, 5.74) is 1.97. The molecule has 1 fully saturated rings. The number of aliphatic hydroxyl groups excluding tert-OH is 1. The Labute approximate surface area is 94.6 Å². The molecule has 0 aliphatic heterocycles. The van der Waals surface area contributed by atoms with Crippen LogP contribution in [0.3, 0.4) is 0 Å². The van der Waals surface area contributed by atoms with Crippen LogP contribution in [-0.2, 0) is 0 Å². The molecule has 1 saturated carbocycles. The number of allylic oxidation sites excluding steroid dienone is 2. The summed E-state index contributed by atoms with van der Waals surface area (Å²) >= 11 is 0. The van der Waals surface area contributed by atoms with Crippen LogP contribution < -0.4 is 0 Å². The van der Waals surface area contributed by atoms with E-state index in [1.807, 2.05) is 0 Å². The maximum atomic E-state index is 8.99. The van der Waals surface area contributed by atoms with E-state index in [2.05, 4.69) is 33.8 Å². The Morgan fingerprint density at radius 3 is 2.60 bits per heavy atom. The van der Waals surface area contributed by atoms with Crippen LogP contribution in [0.5, 0.6) is 0 Å². The van der Waals surface area contributed by atoms with E-state index in [9.17, 15) is 0 Å². The molecule has 2 atom stereocenters. The number of unbranched alkanes of at least 4 members (excludes halogenated alkanes) is 1. The molecule has 0 aromatic heterocycles. The van der Waals surface area contributed by atoms with Crippen LogP contribution in [0.2, 0.25) is 0 Å². The van der Waals surface area contributed by atoms with Gasteiger partial charge in [0.25, 0.3) is 0 Å². The van der Waals surface area contributed by atoms with Gasteiger partial charge in [-0.1, -0.05) is 38.8 Å². The third-order valence-corrected chi connectivity index (χ3v) is 4.25. The number of hydrogen-bond acceptors (Lipinski definition) is 1. The molecule has 1 heteroatoms. The molecule has 1 aliphatic rings. The van der Waals surface area contributed by atoms with E-state index >= 15 is 0 Å². The van der Waals surface area contributed by atoms with Crippen molar-refractivity contribution in [1.29, 1.82) is 0 Å². The Bertz CT molecular complexity index is 227. The maximum absolute atomic E-state index is 8.99. The van der Waals surface area contributed by atoms with Crippen molar-refractivity contribution in [2.45, 2.75) is 53.4 Å². The predicted octanol–water partition coefficient (Wildman–Crippen LogP) is 3.78. The van der Waals surface area contributed by atoms with E-state index in [1.54, 1.807) is 5.57 Å². The second kappa shape index (κ2) is 5.16. The maximum Gasteiger partial charge on any atom is 0.0433 e. The summed E-state index contributed by atoms with van der Waals surface area (Å²) in [5.74, 6) is 1.47. The third-order valence-electron chi connectivity index (χ3n) is 4.25. The van der Waals surface area contributed by atoms with E-state index in [0.717, 1.165) is 18.3 Å². The van der Waals surface area contributed by atoms with E-state index < -0.39 is 0 Å². The van der Waals surface area contributed by atoms with Gasteiger partial charge in [-0.05, 0) is 43.4 Å². The molecular formula is C14H26O. The van der Waals surface area contributed by atoms with Crippen LogP contribution >= 0.6 is 0 Å². The molecule has 0 radical (unpaired) electrons. The fourth-order valence-electron chi connectivity index (χ4n) is 2.95. The summed E-state index contributed by atoms with van der Waals surface area (Å²) in [6.07, 6.45) is 7.11. The average molecular weight is 210 g/mol. The molecule has 1 aliphatic carbocycles. The number of rotatable bonds is 5. The van der Waals surface area contributed by atoms with E-state index in [1.165, 1.54) is 19.3 Å². The highest BCUT2D eigenvalue weighted by Crippen LogP contribution is 2.55. The zero-order valence-electron chi connectivity index (χ0n) is 10.7. The average Bonchev–Trinajstić information content (AvgIpc) is 2.20. The molecule has 0 bridgehead atoms. The minimum absolute atomic E-state index is 0.346. The van der Waals surface area contributed by atoms with Gasteiger partial charge in [0.05, 0.1) is 0 Å². The summed E-state index contributed by atoms with van der Waals surface area (Å²) in [7, 11) is 0. The lowest BCUT2D eigenvalue weighted by Gasteiger charge is -2.53. The lowest BCUT2D eigenvalue weighted by atomic mass is 9.52. The van der Waals surface area contributed by atoms with E-state index in [0.29, 0.717) is 12.0 Å². The highest BCUT2D eigenvalue weighted by atomic mass is 16.3. The normalized spacial score (nSPS) is 30.1. The molecule has 88 valence electrons. The zero-order chi connectivity index (χ0) is 11.5. The van der Waals surface area contributed by atoms with Crippen LogP contribution in [0.4, 0.5) is 0 Å². The molecule has 0 spiro atoms. The third kappa shape index (κ3) is 2.63. The van der Waals surface area contributed by atoms with Crippen LogP contribution in [-0.4, -0.2) is 11.7 Å². The van der Waals surface area contributed by atoms with Gasteiger partial charge in [-0.25, -0.2) is 0 Å². The first-order chi connectivity index (χ1) is 7.04. The van der Waals surface area contributed by atoms with Gasteiger partial charge in [-0.3, -0.25) is 0 Å². The highest BCUT2D eigenvalue weighted by Gasteiger charge is 2.47. The largest absolute Gasteiger partial charge is 0.396 e. The van der Waals surface area contributed by atoms with Gasteiger partial charge in [0.2, 0.25) is 0 Å². The summed E-state index contributed by atoms with van der Waals surface area (Å²) < 4.78 is 0. The van der Waals surface area contributed by atoms with Crippen LogP contribution in [0.15, 0.2) is 11.6 Å². The molecule has 15 heavy (non-hydrogen) atoms. The minimum atomic E-state index is 0.346. The molecule has 0 heterocycles. The van der Waals surface area contributed by atoms with Gasteiger partial charge in [0, 0.05) is 6.61 Å². The SMILES string of the molecule is CCC/C=C(\C)[C@H]1C[C@@H](CCO)C1(C)C. The molecule has 1 nitrogen and oxygen atoms in total. The Morgan fingerprint density at radius 2 is 2.13 bits per heavy atom. The van der Waals surface area contributed by atoms with Crippen molar-refractivity contribution in [1.82, 2.24) is 0 Å². The van der Waals surface area contributed by atoms with Crippen molar-refractivity contribution >= 4 is 0 Å².